The molecule has 6 heteroatoms. The number of aryl methyl sites for hydroxylation is 1. The minimum Gasteiger partial charge on any atom is -0.486 e. The normalized spacial score (nSPS) is 14.3. The first-order valence-electron chi connectivity index (χ1n) is 7.19. The molecule has 5 nitrogen and oxygen atoms in total. The van der Waals surface area contributed by atoms with Crippen LogP contribution in [-0.4, -0.2) is 35.7 Å². The number of hydrogen-bond acceptors (Lipinski definition) is 5. The Kier molecular flexibility index (Phi) is 4.70. The van der Waals surface area contributed by atoms with Gasteiger partial charge in [0.25, 0.3) is 0 Å². The molecule has 1 aromatic heterocycles. The van der Waals surface area contributed by atoms with E-state index in [1.54, 1.807) is 4.90 Å². The molecule has 3 rings (SSSR count). The predicted octanol–water partition coefficient (Wildman–Crippen LogP) is 2.39. The van der Waals surface area contributed by atoms with Gasteiger partial charge in [0.2, 0.25) is 5.91 Å². The van der Waals surface area contributed by atoms with Crippen LogP contribution in [0.25, 0.3) is 0 Å². The molecule has 1 aromatic carbocycles. The zero-order valence-corrected chi connectivity index (χ0v) is 13.3. The highest BCUT2D eigenvalue weighted by molar-refractivity contribution is 7.09. The molecular weight excluding hydrogens is 300 g/mol. The Morgan fingerprint density at radius 3 is 2.95 bits per heavy atom. The number of aromatic nitrogens is 1. The van der Waals surface area contributed by atoms with Gasteiger partial charge >= 0.3 is 0 Å². The summed E-state index contributed by atoms with van der Waals surface area (Å²) in [6.45, 7) is 4.16. The van der Waals surface area contributed by atoms with Crippen molar-refractivity contribution >= 4 is 17.2 Å². The van der Waals surface area contributed by atoms with Crippen LogP contribution in [0.5, 0.6) is 5.75 Å². The van der Waals surface area contributed by atoms with Gasteiger partial charge in [0.05, 0.1) is 18.7 Å². The predicted molar refractivity (Wildman–Crippen MR) is 83.9 cm³/mol. The van der Waals surface area contributed by atoms with E-state index in [1.807, 2.05) is 36.6 Å². The maximum Gasteiger partial charge on any atom is 0.230 e. The van der Waals surface area contributed by atoms with Crippen LogP contribution in [0.3, 0.4) is 0 Å². The Balaban J connectivity index is 1.52. The molecule has 0 N–H and O–H groups in total. The summed E-state index contributed by atoms with van der Waals surface area (Å²) in [6.07, 6.45) is 0.324. The van der Waals surface area contributed by atoms with Gasteiger partial charge in [-0.25, -0.2) is 4.98 Å². The molecule has 1 amide bonds. The lowest BCUT2D eigenvalue weighted by Gasteiger charge is -2.11. The average Bonchev–Trinajstić information content (AvgIpc) is 3.18. The first-order chi connectivity index (χ1) is 10.7. The monoisotopic (exact) mass is 318 g/mol. The molecule has 0 radical (unpaired) electrons. The fourth-order valence-corrected chi connectivity index (χ4v) is 2.86. The van der Waals surface area contributed by atoms with Crippen molar-refractivity contribution in [3.05, 3.63) is 45.9 Å². The quantitative estimate of drug-likeness (QED) is 0.849. The van der Waals surface area contributed by atoms with E-state index >= 15 is 0 Å². The van der Waals surface area contributed by atoms with Crippen LogP contribution in [0.1, 0.15) is 16.3 Å². The van der Waals surface area contributed by atoms with Crippen LogP contribution in [0.15, 0.2) is 29.6 Å². The highest BCUT2D eigenvalue weighted by Gasteiger charge is 2.19. The fraction of sp³-hybridized carbons (Fsp3) is 0.375. The number of thiazole rings is 1. The van der Waals surface area contributed by atoms with Gasteiger partial charge in [0.15, 0.2) is 0 Å². The van der Waals surface area contributed by atoms with E-state index in [0.29, 0.717) is 32.9 Å². The highest BCUT2D eigenvalue weighted by Crippen LogP contribution is 2.17. The van der Waals surface area contributed by atoms with Gasteiger partial charge in [-0.15, -0.1) is 11.3 Å². The summed E-state index contributed by atoms with van der Waals surface area (Å²) in [6, 6.07) is 7.92. The summed E-state index contributed by atoms with van der Waals surface area (Å²) in [5.74, 6) is 0.890. The largest absolute Gasteiger partial charge is 0.486 e. The summed E-state index contributed by atoms with van der Waals surface area (Å²) in [5.41, 5.74) is 2.00. The standard InChI is InChI=1S/C16H18N2O3S/c1-12-2-4-14(5-3-12)21-9-15-17-13(10-22-15)8-16(19)18-6-7-20-11-18/h2-5,10H,6-9,11H2,1H3. The van der Waals surface area contributed by atoms with E-state index in [2.05, 4.69) is 4.98 Å². The zero-order chi connectivity index (χ0) is 15.4. The molecule has 0 bridgehead atoms. The second kappa shape index (κ2) is 6.89. The number of nitrogens with zero attached hydrogens (tertiary/aromatic N) is 2. The molecule has 0 unspecified atom stereocenters. The van der Waals surface area contributed by atoms with Gasteiger partial charge in [-0.1, -0.05) is 17.7 Å². The topological polar surface area (TPSA) is 51.7 Å². The van der Waals surface area contributed by atoms with Crippen molar-refractivity contribution in [1.82, 2.24) is 9.88 Å². The number of ether oxygens (including phenoxy) is 2. The van der Waals surface area contributed by atoms with Crippen LogP contribution < -0.4 is 4.74 Å². The molecule has 1 saturated heterocycles. The molecule has 1 aliphatic heterocycles. The Labute approximate surface area is 133 Å². The van der Waals surface area contributed by atoms with Crippen LogP contribution in [0, 0.1) is 6.92 Å². The maximum absolute atomic E-state index is 12.0. The minimum atomic E-state index is 0.0637. The Bertz CT molecular complexity index is 633. The summed E-state index contributed by atoms with van der Waals surface area (Å²) >= 11 is 1.52. The maximum atomic E-state index is 12.0. The number of carbonyl (C=O) groups excluding carboxylic acids is 1. The van der Waals surface area contributed by atoms with Gasteiger partial charge < -0.3 is 14.4 Å². The molecule has 0 atom stereocenters. The van der Waals surface area contributed by atoms with Gasteiger partial charge in [0, 0.05) is 11.9 Å². The third-order valence-electron chi connectivity index (χ3n) is 3.42. The number of hydrogen-bond donors (Lipinski definition) is 0. The Morgan fingerprint density at radius 1 is 1.41 bits per heavy atom. The lowest BCUT2D eigenvalue weighted by Crippen LogP contribution is -2.29. The molecule has 22 heavy (non-hydrogen) atoms. The van der Waals surface area contributed by atoms with Crippen molar-refractivity contribution in [3.63, 3.8) is 0 Å². The first kappa shape index (κ1) is 15.0. The third kappa shape index (κ3) is 3.84. The molecule has 0 spiro atoms. The number of carbonyl (C=O) groups is 1. The lowest BCUT2D eigenvalue weighted by atomic mass is 10.2. The molecule has 2 aromatic rings. The van der Waals surface area contributed by atoms with Crippen molar-refractivity contribution in [3.8, 4) is 5.75 Å². The van der Waals surface area contributed by atoms with E-state index in [9.17, 15) is 4.79 Å². The first-order valence-corrected chi connectivity index (χ1v) is 8.07. The van der Waals surface area contributed by atoms with E-state index in [-0.39, 0.29) is 5.91 Å². The van der Waals surface area contributed by atoms with Crippen LogP contribution >= 0.6 is 11.3 Å². The molecular formula is C16H18N2O3S. The van der Waals surface area contributed by atoms with Gasteiger partial charge in [-0.3, -0.25) is 4.79 Å². The summed E-state index contributed by atoms with van der Waals surface area (Å²) in [7, 11) is 0. The van der Waals surface area contributed by atoms with E-state index in [1.165, 1.54) is 16.9 Å². The van der Waals surface area contributed by atoms with E-state index < -0.39 is 0 Å². The molecule has 116 valence electrons. The van der Waals surface area contributed by atoms with Crippen molar-refractivity contribution in [2.75, 3.05) is 19.9 Å². The fourth-order valence-electron chi connectivity index (χ4n) is 2.15. The second-order valence-electron chi connectivity index (χ2n) is 5.21. The number of benzene rings is 1. The molecule has 1 fully saturated rings. The summed E-state index contributed by atoms with van der Waals surface area (Å²) in [4.78, 5) is 18.2. The summed E-state index contributed by atoms with van der Waals surface area (Å²) < 4.78 is 10.9. The smallest absolute Gasteiger partial charge is 0.230 e. The van der Waals surface area contributed by atoms with Crippen molar-refractivity contribution < 1.29 is 14.3 Å². The third-order valence-corrected chi connectivity index (χ3v) is 4.29. The summed E-state index contributed by atoms with van der Waals surface area (Å²) in [5, 5.41) is 2.80. The Hall–Kier alpha value is -1.92. The molecule has 1 aliphatic rings. The number of amides is 1. The van der Waals surface area contributed by atoms with Gasteiger partial charge in [-0.2, -0.15) is 0 Å². The van der Waals surface area contributed by atoms with Gasteiger partial charge in [0.1, 0.15) is 24.1 Å². The van der Waals surface area contributed by atoms with E-state index in [4.69, 9.17) is 9.47 Å². The second-order valence-corrected chi connectivity index (χ2v) is 6.15. The Morgan fingerprint density at radius 2 is 2.23 bits per heavy atom. The average molecular weight is 318 g/mol. The molecule has 0 saturated carbocycles. The highest BCUT2D eigenvalue weighted by atomic mass is 32.1. The molecule has 2 heterocycles. The van der Waals surface area contributed by atoms with Gasteiger partial charge in [-0.05, 0) is 19.1 Å². The van der Waals surface area contributed by atoms with Crippen LogP contribution in [0.2, 0.25) is 0 Å². The number of rotatable bonds is 5. The van der Waals surface area contributed by atoms with Crippen LogP contribution in [-0.2, 0) is 22.6 Å². The van der Waals surface area contributed by atoms with Crippen molar-refractivity contribution in [2.45, 2.75) is 20.0 Å². The van der Waals surface area contributed by atoms with E-state index in [0.717, 1.165) is 16.5 Å². The lowest BCUT2D eigenvalue weighted by molar-refractivity contribution is -0.130. The minimum absolute atomic E-state index is 0.0637. The molecule has 0 aliphatic carbocycles. The van der Waals surface area contributed by atoms with Crippen LogP contribution in [0.4, 0.5) is 0 Å². The zero-order valence-electron chi connectivity index (χ0n) is 12.4. The van der Waals surface area contributed by atoms with Crippen molar-refractivity contribution in [1.29, 1.82) is 0 Å². The SMILES string of the molecule is Cc1ccc(OCc2nc(CC(=O)N3CCOC3)cs2)cc1. The van der Waals surface area contributed by atoms with Crippen molar-refractivity contribution in [2.24, 2.45) is 0 Å².